The van der Waals surface area contributed by atoms with Gasteiger partial charge in [-0.25, -0.2) is 9.97 Å². The summed E-state index contributed by atoms with van der Waals surface area (Å²) in [4.78, 5) is 20.6. The van der Waals surface area contributed by atoms with Crippen molar-refractivity contribution in [3.05, 3.63) is 75.4 Å². The lowest BCUT2D eigenvalue weighted by atomic mass is 10.1. The normalized spacial score (nSPS) is 12.1. The Kier molecular flexibility index (Phi) is 8.83. The molecule has 0 spiro atoms. The first-order chi connectivity index (χ1) is 14.3. The molecule has 1 amide bonds. The van der Waals surface area contributed by atoms with Gasteiger partial charge in [0.1, 0.15) is 11.5 Å². The summed E-state index contributed by atoms with van der Waals surface area (Å²) >= 11 is 12.0. The number of hydrogen-bond donors (Lipinski definition) is 4. The molecule has 4 N–H and O–H groups in total. The summed E-state index contributed by atoms with van der Waals surface area (Å²) < 4.78 is 0. The molecular weight excluding hydrogens is 423 g/mol. The molecule has 1 aromatic carbocycles. The van der Waals surface area contributed by atoms with Crippen molar-refractivity contribution >= 4 is 40.8 Å². The first kappa shape index (κ1) is 23.4. The Labute approximate surface area is 186 Å². The number of anilines is 1. The molecule has 1 heterocycles. The third kappa shape index (κ3) is 6.86. The summed E-state index contributed by atoms with van der Waals surface area (Å²) in [5.74, 6) is 0.421. The Morgan fingerprint density at radius 1 is 1.17 bits per heavy atom. The fourth-order valence-corrected chi connectivity index (χ4v) is 2.61. The van der Waals surface area contributed by atoms with E-state index in [0.29, 0.717) is 33.9 Å². The number of hydrogen-bond acceptors (Lipinski definition) is 6. The number of carbonyl (C=O) groups is 1. The number of nitrogens with one attached hydrogen (secondary N) is 4. The average Bonchev–Trinajstić information content (AvgIpc) is 2.76. The zero-order valence-electron chi connectivity index (χ0n) is 17.0. The molecule has 158 valence electrons. The van der Waals surface area contributed by atoms with E-state index >= 15 is 0 Å². The van der Waals surface area contributed by atoms with Gasteiger partial charge in [-0.05, 0) is 55.2 Å². The number of amides is 1. The van der Waals surface area contributed by atoms with Crippen LogP contribution in [0.15, 0.2) is 59.8 Å². The van der Waals surface area contributed by atoms with Crippen LogP contribution in [0.3, 0.4) is 0 Å². The minimum atomic E-state index is -0.524. The van der Waals surface area contributed by atoms with Crippen LogP contribution >= 0.6 is 23.2 Å². The molecule has 0 aliphatic rings. The first-order valence-corrected chi connectivity index (χ1v) is 10.1. The zero-order chi connectivity index (χ0) is 22.1. The number of allylic oxidation sites excluding steroid dienone is 1. The Morgan fingerprint density at radius 2 is 1.87 bits per heavy atom. The Hall–Kier alpha value is -2.90. The van der Waals surface area contributed by atoms with Crippen LogP contribution in [-0.2, 0) is 11.3 Å². The van der Waals surface area contributed by atoms with Gasteiger partial charge in [0.25, 0.3) is 5.91 Å². The smallest absolute Gasteiger partial charge is 0.274 e. The molecule has 0 saturated carbocycles. The molecule has 2 aromatic rings. The van der Waals surface area contributed by atoms with Crippen LogP contribution in [0.5, 0.6) is 0 Å². The molecule has 0 bridgehead atoms. The number of nitrogens with zero attached hydrogens (tertiary/aromatic N) is 2. The number of carbonyl (C=O) groups excluding carboxylic acids is 1. The standard InChI is InChI=1S/C21H24Cl2N6O/c1-4-13(2)19(27-12-15-6-7-16(22)17(23)10-15)29-20(30)18(24)14(3)11-28-21-25-8-5-9-26-21/h5-11,24,27H,4,12H2,1-3H3,(H,29,30)(H,25,26,28)/b14-11-,19-13-,24-18?. The van der Waals surface area contributed by atoms with Crippen molar-refractivity contribution in [2.75, 3.05) is 5.32 Å². The van der Waals surface area contributed by atoms with E-state index in [-0.39, 0.29) is 5.71 Å². The molecule has 0 saturated heterocycles. The highest BCUT2D eigenvalue weighted by Crippen LogP contribution is 2.22. The van der Waals surface area contributed by atoms with Crippen LogP contribution in [0.25, 0.3) is 0 Å². The number of benzene rings is 1. The number of aromatic nitrogens is 2. The van der Waals surface area contributed by atoms with Crippen LogP contribution in [0.1, 0.15) is 32.8 Å². The van der Waals surface area contributed by atoms with E-state index in [1.807, 2.05) is 19.9 Å². The second-order valence-corrected chi connectivity index (χ2v) is 7.30. The summed E-state index contributed by atoms with van der Waals surface area (Å²) in [6, 6.07) is 7.05. The second-order valence-electron chi connectivity index (χ2n) is 6.48. The van der Waals surface area contributed by atoms with Crippen LogP contribution < -0.4 is 16.0 Å². The van der Waals surface area contributed by atoms with Gasteiger partial charge in [-0.3, -0.25) is 10.2 Å². The molecule has 0 aliphatic heterocycles. The molecule has 9 heteroatoms. The van der Waals surface area contributed by atoms with Gasteiger partial charge in [-0.15, -0.1) is 0 Å². The van der Waals surface area contributed by atoms with Gasteiger partial charge >= 0.3 is 0 Å². The summed E-state index contributed by atoms with van der Waals surface area (Å²) in [5.41, 5.74) is 2.14. The minimum absolute atomic E-state index is 0.170. The van der Waals surface area contributed by atoms with Gasteiger partial charge in [0.15, 0.2) is 0 Å². The quantitative estimate of drug-likeness (QED) is 0.419. The van der Waals surface area contributed by atoms with Crippen molar-refractivity contribution in [2.24, 2.45) is 0 Å². The lowest BCUT2D eigenvalue weighted by Crippen LogP contribution is -2.37. The minimum Gasteiger partial charge on any atom is -0.368 e. The number of rotatable bonds is 9. The lowest BCUT2D eigenvalue weighted by molar-refractivity contribution is -0.114. The van der Waals surface area contributed by atoms with E-state index in [0.717, 1.165) is 17.6 Å². The fourth-order valence-electron chi connectivity index (χ4n) is 2.29. The maximum atomic E-state index is 12.6. The third-order valence-corrected chi connectivity index (χ3v) is 4.99. The van der Waals surface area contributed by atoms with E-state index in [2.05, 4.69) is 25.9 Å². The zero-order valence-corrected chi connectivity index (χ0v) is 18.5. The van der Waals surface area contributed by atoms with Gasteiger partial charge in [0, 0.05) is 25.1 Å². The van der Waals surface area contributed by atoms with Crippen molar-refractivity contribution in [1.82, 2.24) is 20.6 Å². The van der Waals surface area contributed by atoms with E-state index in [9.17, 15) is 4.79 Å². The molecule has 2 rings (SSSR count). The van der Waals surface area contributed by atoms with Crippen LogP contribution in [0.4, 0.5) is 5.95 Å². The number of halogens is 2. The van der Waals surface area contributed by atoms with Gasteiger partial charge in [-0.2, -0.15) is 0 Å². The highest BCUT2D eigenvalue weighted by atomic mass is 35.5. The Morgan fingerprint density at radius 3 is 2.50 bits per heavy atom. The maximum absolute atomic E-state index is 12.6. The van der Waals surface area contributed by atoms with Gasteiger partial charge in [0.05, 0.1) is 10.0 Å². The van der Waals surface area contributed by atoms with Gasteiger partial charge in [-0.1, -0.05) is 36.2 Å². The molecule has 0 atom stereocenters. The maximum Gasteiger partial charge on any atom is 0.274 e. The fraction of sp³-hybridized carbons (Fsp3) is 0.238. The highest BCUT2D eigenvalue weighted by molar-refractivity contribution is 6.44. The molecule has 1 aromatic heterocycles. The van der Waals surface area contributed by atoms with Gasteiger partial charge < -0.3 is 16.0 Å². The van der Waals surface area contributed by atoms with Crippen LogP contribution in [0.2, 0.25) is 10.0 Å². The molecule has 0 aliphatic carbocycles. The largest absolute Gasteiger partial charge is 0.368 e. The SMILES string of the molecule is CC/C(C)=C(/NCc1ccc(Cl)c(Cl)c1)NC(=O)C(=N)/C(C)=C\Nc1ncccn1. The van der Waals surface area contributed by atoms with Crippen molar-refractivity contribution < 1.29 is 4.79 Å². The van der Waals surface area contributed by atoms with Crippen molar-refractivity contribution in [1.29, 1.82) is 5.41 Å². The molecule has 7 nitrogen and oxygen atoms in total. The second kappa shape index (κ2) is 11.3. The molecular formula is C21H24Cl2N6O. The summed E-state index contributed by atoms with van der Waals surface area (Å²) in [7, 11) is 0. The predicted molar refractivity (Wildman–Crippen MR) is 122 cm³/mol. The van der Waals surface area contributed by atoms with Crippen molar-refractivity contribution in [2.45, 2.75) is 33.7 Å². The lowest BCUT2D eigenvalue weighted by Gasteiger charge is -2.16. The Balaban J connectivity index is 2.03. The predicted octanol–water partition coefficient (Wildman–Crippen LogP) is 4.67. The molecule has 0 unspecified atom stereocenters. The Bertz CT molecular complexity index is 973. The van der Waals surface area contributed by atoms with Crippen molar-refractivity contribution in [3.63, 3.8) is 0 Å². The van der Waals surface area contributed by atoms with Crippen LogP contribution in [-0.4, -0.2) is 21.6 Å². The average molecular weight is 447 g/mol. The van der Waals surface area contributed by atoms with E-state index in [4.69, 9.17) is 28.6 Å². The first-order valence-electron chi connectivity index (χ1n) is 9.30. The van der Waals surface area contributed by atoms with Crippen LogP contribution in [0, 0.1) is 5.41 Å². The highest BCUT2D eigenvalue weighted by Gasteiger charge is 2.14. The summed E-state index contributed by atoms with van der Waals surface area (Å²) in [5, 5.41) is 18.0. The molecule has 0 fully saturated rings. The summed E-state index contributed by atoms with van der Waals surface area (Å²) in [6.07, 6.45) is 5.46. The van der Waals surface area contributed by atoms with Gasteiger partial charge in [0.2, 0.25) is 5.95 Å². The summed E-state index contributed by atoms with van der Waals surface area (Å²) in [6.45, 7) is 6.01. The molecule has 30 heavy (non-hydrogen) atoms. The third-order valence-electron chi connectivity index (χ3n) is 4.25. The van der Waals surface area contributed by atoms with E-state index in [1.165, 1.54) is 6.20 Å². The van der Waals surface area contributed by atoms with E-state index in [1.54, 1.807) is 37.5 Å². The molecule has 0 radical (unpaired) electrons. The van der Waals surface area contributed by atoms with Crippen molar-refractivity contribution in [3.8, 4) is 0 Å². The monoisotopic (exact) mass is 446 g/mol. The topological polar surface area (TPSA) is 103 Å². The van der Waals surface area contributed by atoms with E-state index < -0.39 is 5.91 Å².